The van der Waals surface area contributed by atoms with Crippen molar-refractivity contribution in [2.75, 3.05) is 6.61 Å². The Bertz CT molecular complexity index is 134. The summed E-state index contributed by atoms with van der Waals surface area (Å²) >= 11 is 4.85. The molecule has 0 aliphatic heterocycles. The van der Waals surface area contributed by atoms with Crippen LogP contribution in [0.5, 0.6) is 0 Å². The minimum atomic E-state index is 0.0556. The number of hydrogen-bond acceptors (Lipinski definition) is 2. The molecule has 1 unspecified atom stereocenters. The summed E-state index contributed by atoms with van der Waals surface area (Å²) < 4.78 is 5.36. The van der Waals surface area contributed by atoms with Gasteiger partial charge in [0.2, 0.25) is 0 Å². The van der Waals surface area contributed by atoms with Gasteiger partial charge >= 0.3 is 0 Å². The summed E-state index contributed by atoms with van der Waals surface area (Å²) in [5.74, 6) is 0.623. The van der Waals surface area contributed by atoms with Crippen LogP contribution in [0.3, 0.4) is 0 Å². The van der Waals surface area contributed by atoms with E-state index in [2.05, 4.69) is 0 Å². The smallest absolute Gasteiger partial charge is 0.110 e. The largest absolute Gasteiger partial charge is 0.391 e. The van der Waals surface area contributed by atoms with Crippen molar-refractivity contribution >= 4 is 17.2 Å². The lowest BCUT2D eigenvalue weighted by Gasteiger charge is -2.13. The molecule has 0 aromatic rings. The molecule has 2 nitrogen and oxygen atoms in total. The molecule has 3 heteroatoms. The highest BCUT2D eigenvalue weighted by atomic mass is 32.1. The zero-order valence-electron chi connectivity index (χ0n) is 6.17. The number of nitrogens with two attached hydrogens (primary N) is 1. The summed E-state index contributed by atoms with van der Waals surface area (Å²) in [5.41, 5.74) is 5.47. The lowest BCUT2D eigenvalue weighted by molar-refractivity contribution is 0.0955. The van der Waals surface area contributed by atoms with Gasteiger partial charge in [-0.05, 0) is 25.7 Å². The average molecular weight is 159 g/mol. The van der Waals surface area contributed by atoms with Gasteiger partial charge in [0.15, 0.2) is 0 Å². The van der Waals surface area contributed by atoms with Gasteiger partial charge in [-0.25, -0.2) is 0 Å². The first-order valence-corrected chi connectivity index (χ1v) is 4.07. The van der Waals surface area contributed by atoms with Crippen molar-refractivity contribution in [3.63, 3.8) is 0 Å². The SMILES string of the molecule is CCOC(C(N)=S)C1CC1. The third-order valence-electron chi connectivity index (χ3n) is 1.68. The van der Waals surface area contributed by atoms with Gasteiger partial charge in [0.25, 0.3) is 0 Å². The van der Waals surface area contributed by atoms with Crippen molar-refractivity contribution in [1.82, 2.24) is 0 Å². The van der Waals surface area contributed by atoms with Crippen LogP contribution in [0.4, 0.5) is 0 Å². The fourth-order valence-electron chi connectivity index (χ4n) is 1.03. The normalized spacial score (nSPS) is 20.5. The summed E-state index contributed by atoms with van der Waals surface area (Å²) in [5, 5.41) is 0. The summed E-state index contributed by atoms with van der Waals surface area (Å²) in [6.45, 7) is 2.67. The maximum atomic E-state index is 5.47. The Kier molecular flexibility index (Phi) is 2.63. The maximum absolute atomic E-state index is 5.47. The van der Waals surface area contributed by atoms with Crippen molar-refractivity contribution in [3.8, 4) is 0 Å². The van der Waals surface area contributed by atoms with E-state index in [0.29, 0.717) is 17.5 Å². The van der Waals surface area contributed by atoms with Gasteiger partial charge in [0.05, 0.1) is 0 Å². The van der Waals surface area contributed by atoms with Gasteiger partial charge in [-0.2, -0.15) is 0 Å². The van der Waals surface area contributed by atoms with Crippen LogP contribution in [0.15, 0.2) is 0 Å². The first kappa shape index (κ1) is 7.95. The zero-order valence-corrected chi connectivity index (χ0v) is 6.99. The van der Waals surface area contributed by atoms with E-state index in [1.807, 2.05) is 6.92 Å². The third kappa shape index (κ3) is 1.92. The Morgan fingerprint density at radius 2 is 2.40 bits per heavy atom. The molecule has 58 valence electrons. The van der Waals surface area contributed by atoms with Crippen molar-refractivity contribution in [1.29, 1.82) is 0 Å². The molecule has 0 radical (unpaired) electrons. The molecule has 1 saturated carbocycles. The third-order valence-corrected chi connectivity index (χ3v) is 1.91. The van der Waals surface area contributed by atoms with E-state index in [0.717, 1.165) is 0 Å². The van der Waals surface area contributed by atoms with Crippen LogP contribution >= 0.6 is 12.2 Å². The van der Waals surface area contributed by atoms with Crippen LogP contribution in [0.25, 0.3) is 0 Å². The molecular weight excluding hydrogens is 146 g/mol. The van der Waals surface area contributed by atoms with Gasteiger partial charge in [-0.1, -0.05) is 12.2 Å². The first-order valence-electron chi connectivity index (χ1n) is 3.66. The molecule has 1 atom stereocenters. The van der Waals surface area contributed by atoms with E-state index in [-0.39, 0.29) is 6.10 Å². The van der Waals surface area contributed by atoms with Crippen LogP contribution in [0.2, 0.25) is 0 Å². The van der Waals surface area contributed by atoms with Crippen LogP contribution in [0, 0.1) is 5.92 Å². The second kappa shape index (κ2) is 3.30. The highest BCUT2D eigenvalue weighted by Gasteiger charge is 2.33. The molecule has 0 heterocycles. The summed E-state index contributed by atoms with van der Waals surface area (Å²) in [7, 11) is 0. The Hall–Kier alpha value is -0.150. The molecule has 0 amide bonds. The van der Waals surface area contributed by atoms with Crippen molar-refractivity contribution in [2.45, 2.75) is 25.9 Å². The topological polar surface area (TPSA) is 35.2 Å². The van der Waals surface area contributed by atoms with Crippen molar-refractivity contribution in [2.24, 2.45) is 11.7 Å². The first-order chi connectivity index (χ1) is 4.75. The molecule has 10 heavy (non-hydrogen) atoms. The van der Waals surface area contributed by atoms with Crippen LogP contribution in [-0.2, 0) is 4.74 Å². The van der Waals surface area contributed by atoms with E-state index >= 15 is 0 Å². The minimum Gasteiger partial charge on any atom is -0.391 e. The minimum absolute atomic E-state index is 0.0556. The van der Waals surface area contributed by atoms with E-state index in [9.17, 15) is 0 Å². The van der Waals surface area contributed by atoms with Crippen LogP contribution < -0.4 is 5.73 Å². The lowest BCUT2D eigenvalue weighted by atomic mass is 10.2. The number of thiocarbonyl (C=S) groups is 1. The molecule has 0 spiro atoms. The van der Waals surface area contributed by atoms with Gasteiger partial charge in [-0.15, -0.1) is 0 Å². The predicted octanol–water partition coefficient (Wildman–Crippen LogP) is 1.09. The fraction of sp³-hybridized carbons (Fsp3) is 0.857. The zero-order chi connectivity index (χ0) is 7.56. The van der Waals surface area contributed by atoms with E-state index < -0.39 is 0 Å². The molecule has 2 N–H and O–H groups in total. The van der Waals surface area contributed by atoms with Crippen LogP contribution in [-0.4, -0.2) is 17.7 Å². The quantitative estimate of drug-likeness (QED) is 0.624. The summed E-state index contributed by atoms with van der Waals surface area (Å²) in [4.78, 5) is 0.518. The molecule has 1 aliphatic carbocycles. The Morgan fingerprint density at radius 3 is 2.70 bits per heavy atom. The monoisotopic (exact) mass is 159 g/mol. The second-order valence-electron chi connectivity index (χ2n) is 2.62. The number of ether oxygens (including phenoxy) is 1. The van der Waals surface area contributed by atoms with Gasteiger partial charge in [0, 0.05) is 6.61 Å². The highest BCUT2D eigenvalue weighted by molar-refractivity contribution is 7.80. The Labute approximate surface area is 66.7 Å². The molecule has 1 fully saturated rings. The molecule has 0 saturated heterocycles. The van der Waals surface area contributed by atoms with E-state index in [1.54, 1.807) is 0 Å². The fourth-order valence-corrected chi connectivity index (χ4v) is 1.29. The van der Waals surface area contributed by atoms with Gasteiger partial charge < -0.3 is 10.5 Å². The molecule has 1 aliphatic rings. The Morgan fingerprint density at radius 1 is 1.80 bits per heavy atom. The van der Waals surface area contributed by atoms with Crippen LogP contribution in [0.1, 0.15) is 19.8 Å². The van der Waals surface area contributed by atoms with E-state index in [4.69, 9.17) is 22.7 Å². The molecule has 0 bridgehead atoms. The summed E-state index contributed by atoms with van der Waals surface area (Å²) in [6.07, 6.45) is 2.50. The molecule has 0 aromatic heterocycles. The van der Waals surface area contributed by atoms with E-state index in [1.165, 1.54) is 12.8 Å². The van der Waals surface area contributed by atoms with Crippen molar-refractivity contribution < 1.29 is 4.74 Å². The molecule has 1 rings (SSSR count). The van der Waals surface area contributed by atoms with Gasteiger partial charge in [0.1, 0.15) is 11.1 Å². The molecule has 0 aromatic carbocycles. The van der Waals surface area contributed by atoms with Crippen molar-refractivity contribution in [3.05, 3.63) is 0 Å². The summed E-state index contributed by atoms with van der Waals surface area (Å²) in [6, 6.07) is 0. The lowest BCUT2D eigenvalue weighted by Crippen LogP contribution is -2.31. The number of rotatable bonds is 4. The predicted molar refractivity (Wildman–Crippen MR) is 44.9 cm³/mol. The second-order valence-corrected chi connectivity index (χ2v) is 3.09. The standard InChI is InChI=1S/C7H13NOS/c1-2-9-6(7(8)10)5-3-4-5/h5-6H,2-4H2,1H3,(H2,8,10). The number of hydrogen-bond donors (Lipinski definition) is 1. The van der Waals surface area contributed by atoms with Gasteiger partial charge in [-0.3, -0.25) is 0 Å². The highest BCUT2D eigenvalue weighted by Crippen LogP contribution is 2.34. The average Bonchev–Trinajstić information content (AvgIpc) is 2.63. The maximum Gasteiger partial charge on any atom is 0.110 e. The Balaban J connectivity index is 2.34. The molecular formula is C7H13NOS.